The van der Waals surface area contributed by atoms with E-state index in [0.29, 0.717) is 6.04 Å². The molecule has 0 saturated heterocycles. The van der Waals surface area contributed by atoms with E-state index in [9.17, 15) is 0 Å². The van der Waals surface area contributed by atoms with Crippen molar-refractivity contribution in [3.63, 3.8) is 0 Å². The van der Waals surface area contributed by atoms with Gasteiger partial charge in [0.1, 0.15) is 0 Å². The van der Waals surface area contributed by atoms with Crippen molar-refractivity contribution in [2.24, 2.45) is 7.05 Å². The molecule has 1 heterocycles. The molecular formula is C14H28N4. The molecule has 0 aliphatic heterocycles. The Kier molecular flexibility index (Phi) is 5.35. The van der Waals surface area contributed by atoms with Gasteiger partial charge >= 0.3 is 0 Å². The van der Waals surface area contributed by atoms with E-state index in [1.54, 1.807) is 0 Å². The van der Waals surface area contributed by atoms with Crippen molar-refractivity contribution in [2.45, 2.75) is 45.2 Å². The largest absolute Gasteiger partial charge is 0.307 e. The average molecular weight is 252 g/mol. The molecule has 0 radical (unpaired) electrons. The highest BCUT2D eigenvalue weighted by Crippen LogP contribution is 2.32. The van der Waals surface area contributed by atoms with Gasteiger partial charge in [-0.1, -0.05) is 13.8 Å². The SMILES string of the molecule is CCCNC(c1ccnn1C)C(C)(CC)N(C)C. The van der Waals surface area contributed by atoms with E-state index in [2.05, 4.69) is 56.2 Å². The number of hydrogen-bond donors (Lipinski definition) is 1. The Balaban J connectivity index is 3.08. The van der Waals surface area contributed by atoms with E-state index < -0.39 is 0 Å². The highest BCUT2D eigenvalue weighted by atomic mass is 15.3. The molecular weight excluding hydrogens is 224 g/mol. The van der Waals surface area contributed by atoms with Crippen molar-refractivity contribution in [3.05, 3.63) is 18.0 Å². The first kappa shape index (κ1) is 15.2. The summed E-state index contributed by atoms with van der Waals surface area (Å²) in [6, 6.07) is 2.41. The molecule has 0 aliphatic rings. The molecule has 1 aromatic heterocycles. The summed E-state index contributed by atoms with van der Waals surface area (Å²) in [5.74, 6) is 0. The third-order valence-corrected chi connectivity index (χ3v) is 4.11. The van der Waals surface area contributed by atoms with Crippen LogP contribution >= 0.6 is 0 Å². The van der Waals surface area contributed by atoms with Gasteiger partial charge in [0.25, 0.3) is 0 Å². The Morgan fingerprint density at radius 1 is 1.44 bits per heavy atom. The molecule has 0 saturated carbocycles. The van der Waals surface area contributed by atoms with Gasteiger partial charge in [0, 0.05) is 18.8 Å². The molecule has 0 bridgehead atoms. The Hall–Kier alpha value is -0.870. The van der Waals surface area contributed by atoms with Gasteiger partial charge in [-0.2, -0.15) is 5.10 Å². The second-order valence-corrected chi connectivity index (χ2v) is 5.37. The van der Waals surface area contributed by atoms with Gasteiger partial charge in [-0.3, -0.25) is 4.68 Å². The molecule has 2 unspecified atom stereocenters. The van der Waals surface area contributed by atoms with Crippen LogP contribution in [0.25, 0.3) is 0 Å². The van der Waals surface area contributed by atoms with Gasteiger partial charge in [-0.15, -0.1) is 0 Å². The predicted molar refractivity (Wildman–Crippen MR) is 76.6 cm³/mol. The van der Waals surface area contributed by atoms with Crippen molar-refractivity contribution in [1.82, 2.24) is 20.0 Å². The minimum Gasteiger partial charge on any atom is -0.307 e. The van der Waals surface area contributed by atoms with Gasteiger partial charge in [0.05, 0.1) is 11.7 Å². The van der Waals surface area contributed by atoms with E-state index >= 15 is 0 Å². The molecule has 1 N–H and O–H groups in total. The molecule has 18 heavy (non-hydrogen) atoms. The van der Waals surface area contributed by atoms with Crippen molar-refractivity contribution in [3.8, 4) is 0 Å². The van der Waals surface area contributed by atoms with Crippen LogP contribution in [0.15, 0.2) is 12.3 Å². The minimum absolute atomic E-state index is 0.0863. The Morgan fingerprint density at radius 2 is 2.11 bits per heavy atom. The lowest BCUT2D eigenvalue weighted by molar-refractivity contribution is 0.109. The number of aromatic nitrogens is 2. The zero-order valence-electron chi connectivity index (χ0n) is 12.7. The molecule has 4 nitrogen and oxygen atoms in total. The fraction of sp³-hybridized carbons (Fsp3) is 0.786. The van der Waals surface area contributed by atoms with Crippen LogP contribution in [0, 0.1) is 0 Å². The van der Waals surface area contributed by atoms with Crippen molar-refractivity contribution >= 4 is 0 Å². The van der Waals surface area contributed by atoms with Crippen molar-refractivity contribution in [2.75, 3.05) is 20.6 Å². The van der Waals surface area contributed by atoms with Crippen LogP contribution in [-0.4, -0.2) is 40.9 Å². The van der Waals surface area contributed by atoms with Crippen LogP contribution in [0.2, 0.25) is 0 Å². The normalized spacial score (nSPS) is 16.8. The first-order chi connectivity index (χ1) is 8.47. The van der Waals surface area contributed by atoms with Gasteiger partial charge in [-0.05, 0) is 46.5 Å². The summed E-state index contributed by atoms with van der Waals surface area (Å²) < 4.78 is 1.98. The van der Waals surface area contributed by atoms with E-state index in [1.165, 1.54) is 5.69 Å². The second-order valence-electron chi connectivity index (χ2n) is 5.37. The van der Waals surface area contributed by atoms with Crippen molar-refractivity contribution in [1.29, 1.82) is 0 Å². The summed E-state index contributed by atoms with van der Waals surface area (Å²) in [5, 5.41) is 7.99. The van der Waals surface area contributed by atoms with Crippen LogP contribution in [-0.2, 0) is 7.05 Å². The molecule has 0 spiro atoms. The second kappa shape index (κ2) is 6.34. The van der Waals surface area contributed by atoms with Crippen LogP contribution < -0.4 is 5.32 Å². The first-order valence-electron chi connectivity index (χ1n) is 6.86. The fourth-order valence-electron chi connectivity index (χ4n) is 2.38. The summed E-state index contributed by atoms with van der Waals surface area (Å²) in [7, 11) is 6.32. The lowest BCUT2D eigenvalue weighted by Gasteiger charge is -2.43. The maximum atomic E-state index is 4.31. The molecule has 0 aliphatic carbocycles. The average Bonchev–Trinajstić information content (AvgIpc) is 2.75. The van der Waals surface area contributed by atoms with E-state index in [1.807, 2.05) is 17.9 Å². The van der Waals surface area contributed by atoms with Gasteiger partial charge in [-0.25, -0.2) is 0 Å². The van der Waals surface area contributed by atoms with Crippen LogP contribution in [0.3, 0.4) is 0 Å². The van der Waals surface area contributed by atoms with Crippen LogP contribution in [0.4, 0.5) is 0 Å². The third-order valence-electron chi connectivity index (χ3n) is 4.11. The molecule has 2 atom stereocenters. The maximum Gasteiger partial charge on any atom is 0.0675 e. The molecule has 1 rings (SSSR count). The highest BCUT2D eigenvalue weighted by Gasteiger charge is 2.36. The van der Waals surface area contributed by atoms with E-state index in [4.69, 9.17) is 0 Å². The lowest BCUT2D eigenvalue weighted by Crippen LogP contribution is -2.52. The van der Waals surface area contributed by atoms with Crippen LogP contribution in [0.5, 0.6) is 0 Å². The zero-order valence-corrected chi connectivity index (χ0v) is 12.7. The Bertz CT molecular complexity index is 358. The third kappa shape index (κ3) is 2.93. The van der Waals surface area contributed by atoms with Gasteiger partial charge < -0.3 is 10.2 Å². The van der Waals surface area contributed by atoms with Gasteiger partial charge in [0.15, 0.2) is 0 Å². The first-order valence-corrected chi connectivity index (χ1v) is 6.86. The summed E-state index contributed by atoms with van der Waals surface area (Å²) in [6.45, 7) is 7.79. The summed E-state index contributed by atoms with van der Waals surface area (Å²) >= 11 is 0. The monoisotopic (exact) mass is 252 g/mol. The molecule has 4 heteroatoms. The summed E-state index contributed by atoms with van der Waals surface area (Å²) in [5.41, 5.74) is 1.34. The molecule has 0 aromatic carbocycles. The fourth-order valence-corrected chi connectivity index (χ4v) is 2.38. The number of aryl methyl sites for hydroxylation is 1. The summed E-state index contributed by atoms with van der Waals surface area (Å²) in [4.78, 5) is 2.31. The number of nitrogens with zero attached hydrogens (tertiary/aromatic N) is 3. The topological polar surface area (TPSA) is 33.1 Å². The number of likely N-dealkylation sites (N-methyl/N-ethyl adjacent to an activating group) is 1. The number of hydrogen-bond acceptors (Lipinski definition) is 3. The highest BCUT2D eigenvalue weighted by molar-refractivity contribution is 5.14. The zero-order chi connectivity index (χ0) is 13.8. The number of nitrogens with one attached hydrogen (secondary N) is 1. The molecule has 104 valence electrons. The standard InChI is InChI=1S/C14H28N4/c1-7-10-15-13(12-9-11-16-18(12)6)14(3,8-2)17(4)5/h9,11,13,15H,7-8,10H2,1-6H3. The van der Waals surface area contributed by atoms with E-state index in [-0.39, 0.29) is 5.54 Å². The maximum absolute atomic E-state index is 4.31. The van der Waals surface area contributed by atoms with Crippen molar-refractivity contribution < 1.29 is 0 Å². The summed E-state index contributed by atoms with van der Waals surface area (Å²) in [6.07, 6.45) is 4.11. The van der Waals surface area contributed by atoms with Gasteiger partial charge in [0.2, 0.25) is 0 Å². The Morgan fingerprint density at radius 3 is 2.50 bits per heavy atom. The quantitative estimate of drug-likeness (QED) is 0.807. The predicted octanol–water partition coefficient (Wildman–Crippen LogP) is 2.19. The minimum atomic E-state index is 0.0863. The molecule has 0 amide bonds. The molecule has 0 fully saturated rings. The van der Waals surface area contributed by atoms with Crippen LogP contribution in [0.1, 0.15) is 45.3 Å². The number of rotatable bonds is 7. The lowest BCUT2D eigenvalue weighted by atomic mass is 9.85. The van der Waals surface area contributed by atoms with E-state index in [0.717, 1.165) is 19.4 Å². The Labute approximate surface area is 111 Å². The smallest absolute Gasteiger partial charge is 0.0675 e. The molecule has 1 aromatic rings.